The van der Waals surface area contributed by atoms with Gasteiger partial charge in [0.05, 0.1) is 11.7 Å². The van der Waals surface area contributed by atoms with E-state index in [9.17, 15) is 4.79 Å². The molecule has 0 spiro atoms. The molecule has 0 radical (unpaired) electrons. The van der Waals surface area contributed by atoms with Crippen molar-refractivity contribution in [3.05, 3.63) is 21.9 Å². The Morgan fingerprint density at radius 3 is 2.65 bits per heavy atom. The molecule has 4 nitrogen and oxygen atoms in total. The summed E-state index contributed by atoms with van der Waals surface area (Å²) in [6.45, 7) is 8.44. The lowest BCUT2D eigenvalue weighted by atomic mass is 10.0. The van der Waals surface area contributed by atoms with Crippen LogP contribution in [-0.4, -0.2) is 18.1 Å². The first-order valence-electron chi connectivity index (χ1n) is 6.83. The molecule has 0 saturated heterocycles. The Morgan fingerprint density at radius 1 is 1.45 bits per heavy atom. The summed E-state index contributed by atoms with van der Waals surface area (Å²) in [6.07, 6.45) is 0.632. The Labute approximate surface area is 124 Å². The molecule has 1 N–H and O–H groups in total. The molecule has 0 saturated carbocycles. The van der Waals surface area contributed by atoms with Crippen LogP contribution in [0.1, 0.15) is 44.6 Å². The number of hydrogen-bond acceptors (Lipinski definition) is 5. The number of carbonyl (C=O) groups excluding carboxylic acids is 1. The average Bonchev–Trinajstić information content (AvgIpc) is 2.81. The van der Waals surface area contributed by atoms with Gasteiger partial charge in [0.15, 0.2) is 0 Å². The van der Waals surface area contributed by atoms with Gasteiger partial charge in [0.2, 0.25) is 0 Å². The second kappa shape index (κ2) is 8.03. The van der Waals surface area contributed by atoms with Crippen molar-refractivity contribution in [2.45, 2.75) is 52.8 Å². The summed E-state index contributed by atoms with van der Waals surface area (Å²) in [7, 11) is 0. The maximum Gasteiger partial charge on any atom is 0.323 e. The van der Waals surface area contributed by atoms with Crippen LogP contribution in [0.25, 0.3) is 0 Å². The van der Waals surface area contributed by atoms with E-state index in [4.69, 9.17) is 10.00 Å². The molecular weight excluding hydrogens is 272 g/mol. The largest absolute Gasteiger partial charge is 0.462 e. The zero-order valence-electron chi connectivity index (χ0n) is 12.5. The Balaban J connectivity index is 2.60. The van der Waals surface area contributed by atoms with Gasteiger partial charge in [-0.2, -0.15) is 5.26 Å². The van der Waals surface area contributed by atoms with Crippen molar-refractivity contribution in [3.8, 4) is 6.07 Å². The Kier molecular flexibility index (Phi) is 6.69. The highest BCUT2D eigenvalue weighted by molar-refractivity contribution is 7.10. The van der Waals surface area contributed by atoms with Gasteiger partial charge in [-0.05, 0) is 32.3 Å². The van der Waals surface area contributed by atoms with Crippen LogP contribution in [0.2, 0.25) is 0 Å². The van der Waals surface area contributed by atoms with E-state index in [0.29, 0.717) is 18.0 Å². The Hall–Kier alpha value is -1.38. The van der Waals surface area contributed by atoms with E-state index in [1.165, 1.54) is 11.3 Å². The van der Waals surface area contributed by atoms with Crippen LogP contribution >= 0.6 is 11.3 Å². The van der Waals surface area contributed by atoms with Crippen LogP contribution in [0.15, 0.2) is 11.4 Å². The molecule has 0 unspecified atom stereocenters. The van der Waals surface area contributed by atoms with Crippen LogP contribution in [0.3, 0.4) is 0 Å². The van der Waals surface area contributed by atoms with Crippen LogP contribution in [0.5, 0.6) is 0 Å². The van der Waals surface area contributed by atoms with Crippen molar-refractivity contribution in [1.29, 1.82) is 5.26 Å². The highest BCUT2D eigenvalue weighted by Crippen LogP contribution is 2.15. The second-order valence-corrected chi connectivity index (χ2v) is 6.46. The van der Waals surface area contributed by atoms with Gasteiger partial charge in [-0.15, -0.1) is 11.3 Å². The molecule has 110 valence electrons. The third-order valence-corrected chi connectivity index (χ3v) is 3.59. The van der Waals surface area contributed by atoms with Gasteiger partial charge in [-0.25, -0.2) is 0 Å². The first-order valence-corrected chi connectivity index (χ1v) is 7.71. The summed E-state index contributed by atoms with van der Waals surface area (Å²) in [6, 6.07) is 3.65. The highest BCUT2D eigenvalue weighted by Gasteiger charge is 2.21. The highest BCUT2D eigenvalue weighted by atomic mass is 32.1. The minimum absolute atomic E-state index is 0.106. The molecule has 1 aromatic rings. The van der Waals surface area contributed by atoms with E-state index in [-0.39, 0.29) is 18.1 Å². The first-order chi connectivity index (χ1) is 9.42. The van der Waals surface area contributed by atoms with Gasteiger partial charge in [-0.3, -0.25) is 10.1 Å². The Morgan fingerprint density at radius 2 is 2.15 bits per heavy atom. The van der Waals surface area contributed by atoms with Crippen LogP contribution in [-0.2, 0) is 16.1 Å². The molecule has 0 aliphatic carbocycles. The minimum atomic E-state index is -0.301. The van der Waals surface area contributed by atoms with Crippen molar-refractivity contribution in [2.75, 3.05) is 0 Å². The molecule has 0 fully saturated rings. The molecule has 1 heterocycles. The van der Waals surface area contributed by atoms with Gasteiger partial charge in [0.25, 0.3) is 0 Å². The maximum atomic E-state index is 12.0. The number of hydrogen-bond donors (Lipinski definition) is 1. The third kappa shape index (κ3) is 5.72. The lowest BCUT2D eigenvalue weighted by Crippen LogP contribution is -2.39. The van der Waals surface area contributed by atoms with Crippen molar-refractivity contribution >= 4 is 17.3 Å². The molecule has 0 amide bonds. The maximum absolute atomic E-state index is 12.0. The van der Waals surface area contributed by atoms with E-state index in [1.54, 1.807) is 0 Å². The van der Waals surface area contributed by atoms with Crippen molar-refractivity contribution in [1.82, 2.24) is 5.32 Å². The van der Waals surface area contributed by atoms with Gasteiger partial charge in [0, 0.05) is 16.8 Å². The average molecular weight is 294 g/mol. The normalized spacial score (nSPS) is 12.4. The van der Waals surface area contributed by atoms with E-state index in [0.717, 1.165) is 11.3 Å². The Bertz CT molecular complexity index is 474. The molecule has 0 aromatic carbocycles. The van der Waals surface area contributed by atoms with E-state index in [1.807, 2.05) is 25.3 Å². The lowest BCUT2D eigenvalue weighted by Gasteiger charge is -2.20. The summed E-state index contributed by atoms with van der Waals surface area (Å²) < 4.78 is 5.28. The SMILES string of the molecule is CC(C)C[C@H](NCc1cc(C#N)cs1)C(=O)OC(C)C. The number of thiophene rings is 1. The molecule has 0 bridgehead atoms. The molecule has 1 atom stereocenters. The van der Waals surface area contributed by atoms with Crippen molar-refractivity contribution in [3.63, 3.8) is 0 Å². The number of rotatable bonds is 7. The molecule has 20 heavy (non-hydrogen) atoms. The van der Waals surface area contributed by atoms with Gasteiger partial charge in [-0.1, -0.05) is 13.8 Å². The molecule has 5 heteroatoms. The fourth-order valence-electron chi connectivity index (χ4n) is 1.80. The van der Waals surface area contributed by atoms with Crippen LogP contribution < -0.4 is 5.32 Å². The zero-order valence-corrected chi connectivity index (χ0v) is 13.3. The fourth-order valence-corrected chi connectivity index (χ4v) is 2.57. The number of esters is 1. The topological polar surface area (TPSA) is 62.1 Å². The van der Waals surface area contributed by atoms with E-state index >= 15 is 0 Å². The standard InChI is InChI=1S/C15H22N2O2S/c1-10(2)5-14(15(18)19-11(3)4)17-8-13-6-12(7-16)9-20-13/h6,9-11,14,17H,5,8H2,1-4H3/t14-/m0/s1. The number of nitrogens with zero attached hydrogens (tertiary/aromatic N) is 1. The predicted molar refractivity (Wildman–Crippen MR) is 80.3 cm³/mol. The molecule has 0 aliphatic rings. The minimum Gasteiger partial charge on any atom is -0.462 e. The van der Waals surface area contributed by atoms with Crippen molar-refractivity contribution in [2.24, 2.45) is 5.92 Å². The summed E-state index contributed by atoms with van der Waals surface area (Å²) in [5, 5.41) is 13.9. The van der Waals surface area contributed by atoms with Gasteiger partial charge in [0.1, 0.15) is 12.1 Å². The number of nitrogens with one attached hydrogen (secondary N) is 1. The molecular formula is C15H22N2O2S. The van der Waals surface area contributed by atoms with E-state index < -0.39 is 0 Å². The summed E-state index contributed by atoms with van der Waals surface area (Å²) in [5.74, 6) is 0.205. The lowest BCUT2D eigenvalue weighted by molar-refractivity contribution is -0.150. The zero-order chi connectivity index (χ0) is 15.1. The van der Waals surface area contributed by atoms with Gasteiger partial charge < -0.3 is 4.74 Å². The summed E-state index contributed by atoms with van der Waals surface area (Å²) in [4.78, 5) is 13.1. The predicted octanol–water partition coefficient (Wildman–Crippen LogP) is 3.08. The number of carbonyl (C=O) groups is 1. The summed E-state index contributed by atoms with van der Waals surface area (Å²) >= 11 is 1.52. The first kappa shape index (κ1) is 16.7. The molecule has 1 rings (SSSR count). The monoisotopic (exact) mass is 294 g/mol. The van der Waals surface area contributed by atoms with E-state index in [2.05, 4.69) is 25.2 Å². The fraction of sp³-hybridized carbons (Fsp3) is 0.600. The molecule has 0 aliphatic heterocycles. The second-order valence-electron chi connectivity index (χ2n) is 5.46. The van der Waals surface area contributed by atoms with Gasteiger partial charge >= 0.3 is 5.97 Å². The summed E-state index contributed by atoms with van der Waals surface area (Å²) in [5.41, 5.74) is 0.664. The van der Waals surface area contributed by atoms with Crippen LogP contribution in [0, 0.1) is 17.2 Å². The quantitative estimate of drug-likeness (QED) is 0.785. The van der Waals surface area contributed by atoms with Crippen LogP contribution in [0.4, 0.5) is 0 Å². The molecule has 1 aromatic heterocycles. The van der Waals surface area contributed by atoms with Crippen molar-refractivity contribution < 1.29 is 9.53 Å². The number of nitriles is 1. The number of ether oxygens (including phenoxy) is 1. The smallest absolute Gasteiger partial charge is 0.323 e. The third-order valence-electron chi connectivity index (χ3n) is 2.65.